The molecule has 0 bridgehead atoms. The molecule has 5 rings (SSSR count). The van der Waals surface area contributed by atoms with Gasteiger partial charge in [-0.15, -0.1) is 0 Å². The summed E-state index contributed by atoms with van der Waals surface area (Å²) in [5.41, 5.74) is 4.06. The summed E-state index contributed by atoms with van der Waals surface area (Å²) in [5.74, 6) is -0.316. The Morgan fingerprint density at radius 2 is 1.76 bits per heavy atom. The summed E-state index contributed by atoms with van der Waals surface area (Å²) in [4.78, 5) is 4.38. The predicted octanol–water partition coefficient (Wildman–Crippen LogP) is 2.92. The predicted molar refractivity (Wildman–Crippen MR) is 77.8 cm³/mol. The molecule has 4 nitrogen and oxygen atoms in total. The minimum atomic E-state index is -0.316. The van der Waals surface area contributed by atoms with Crippen molar-refractivity contribution in [3.05, 3.63) is 42.4 Å². The van der Waals surface area contributed by atoms with E-state index >= 15 is 0 Å². The first-order chi connectivity index (χ1) is 10.3. The van der Waals surface area contributed by atoms with Crippen LogP contribution in [0.3, 0.4) is 0 Å². The minimum Gasteiger partial charge on any atom is -0.348 e. The van der Waals surface area contributed by atoms with Crippen molar-refractivity contribution >= 4 is 0 Å². The summed E-state index contributed by atoms with van der Waals surface area (Å²) in [6.07, 6.45) is 7.99. The van der Waals surface area contributed by atoms with E-state index in [1.54, 1.807) is 0 Å². The van der Waals surface area contributed by atoms with Crippen molar-refractivity contribution in [2.75, 3.05) is 13.2 Å². The zero-order valence-corrected chi connectivity index (χ0v) is 11.9. The van der Waals surface area contributed by atoms with Gasteiger partial charge in [0.25, 0.3) is 0 Å². The minimum absolute atomic E-state index is 0.0446. The van der Waals surface area contributed by atoms with Crippen LogP contribution in [-0.4, -0.2) is 28.6 Å². The molecule has 4 heteroatoms. The monoisotopic (exact) mass is 282 g/mol. The van der Waals surface area contributed by atoms with Crippen LogP contribution < -0.4 is 0 Å². The molecule has 1 aromatic carbocycles. The lowest BCUT2D eigenvalue weighted by atomic mass is 9.74. The van der Waals surface area contributed by atoms with E-state index in [4.69, 9.17) is 9.47 Å². The van der Waals surface area contributed by atoms with Crippen molar-refractivity contribution in [3.8, 4) is 11.3 Å². The first-order valence-electron chi connectivity index (χ1n) is 7.74. The molecule has 3 heterocycles. The molecule has 1 aromatic heterocycles. The highest BCUT2D eigenvalue weighted by molar-refractivity contribution is 5.70. The van der Waals surface area contributed by atoms with Gasteiger partial charge < -0.3 is 14.0 Å². The standard InChI is InChI=1S/C17H18N2O2/c1-2-4-14-13(3-1)15-11-18-12-19(15)16(14)5-7-17(8-6-16)20-9-10-21-17/h1-4,11-12H,5-10H2. The number of hydrogen-bond acceptors (Lipinski definition) is 3. The summed E-state index contributed by atoms with van der Waals surface area (Å²) in [5, 5.41) is 0. The lowest BCUT2D eigenvalue weighted by Crippen LogP contribution is -2.44. The second-order valence-corrected chi connectivity index (χ2v) is 6.33. The van der Waals surface area contributed by atoms with E-state index in [0.29, 0.717) is 0 Å². The molecule has 0 unspecified atom stereocenters. The summed E-state index contributed by atoms with van der Waals surface area (Å²) < 4.78 is 14.2. The van der Waals surface area contributed by atoms with Crippen LogP contribution in [-0.2, 0) is 15.0 Å². The average Bonchev–Trinajstić information content (AvgIpc) is 3.22. The van der Waals surface area contributed by atoms with Crippen molar-refractivity contribution in [3.63, 3.8) is 0 Å². The Balaban J connectivity index is 1.61. The Bertz CT molecular complexity index is 690. The Labute approximate surface area is 123 Å². The normalized spacial score (nSPS) is 24.4. The van der Waals surface area contributed by atoms with Crippen LogP contribution in [0.15, 0.2) is 36.8 Å². The van der Waals surface area contributed by atoms with Crippen molar-refractivity contribution in [2.24, 2.45) is 0 Å². The Morgan fingerprint density at radius 1 is 1.00 bits per heavy atom. The Kier molecular flexibility index (Phi) is 2.25. The molecule has 1 saturated carbocycles. The number of benzene rings is 1. The van der Waals surface area contributed by atoms with Gasteiger partial charge in [-0.2, -0.15) is 0 Å². The van der Waals surface area contributed by atoms with Gasteiger partial charge in [0.2, 0.25) is 0 Å². The molecule has 108 valence electrons. The van der Waals surface area contributed by atoms with E-state index in [0.717, 1.165) is 38.9 Å². The Morgan fingerprint density at radius 3 is 2.57 bits per heavy atom. The number of hydrogen-bond donors (Lipinski definition) is 0. The van der Waals surface area contributed by atoms with Gasteiger partial charge in [0, 0.05) is 18.4 Å². The molecule has 2 aliphatic heterocycles. The zero-order chi connectivity index (χ0) is 13.9. The highest BCUT2D eigenvalue weighted by atomic mass is 16.7. The smallest absolute Gasteiger partial charge is 0.168 e. The van der Waals surface area contributed by atoms with Gasteiger partial charge in [-0.05, 0) is 18.4 Å². The maximum Gasteiger partial charge on any atom is 0.168 e. The van der Waals surface area contributed by atoms with E-state index in [9.17, 15) is 0 Å². The quantitative estimate of drug-likeness (QED) is 0.745. The van der Waals surface area contributed by atoms with Gasteiger partial charge in [-0.1, -0.05) is 24.3 Å². The van der Waals surface area contributed by atoms with E-state index in [1.807, 2.05) is 12.5 Å². The molecular weight excluding hydrogens is 264 g/mol. The van der Waals surface area contributed by atoms with Crippen LogP contribution in [0, 0.1) is 0 Å². The SMILES string of the molecule is c1ccc2c(c1)-c1cncn1C21CCC2(CC1)OCCO2. The highest BCUT2D eigenvalue weighted by Gasteiger charge is 2.51. The van der Waals surface area contributed by atoms with E-state index in [2.05, 4.69) is 33.8 Å². The maximum absolute atomic E-state index is 5.89. The number of aromatic nitrogens is 2. The number of imidazole rings is 1. The van der Waals surface area contributed by atoms with E-state index < -0.39 is 0 Å². The number of rotatable bonds is 0. The third-order valence-corrected chi connectivity index (χ3v) is 5.46. The van der Waals surface area contributed by atoms with Crippen LogP contribution in [0.4, 0.5) is 0 Å². The van der Waals surface area contributed by atoms with Crippen LogP contribution in [0.1, 0.15) is 31.2 Å². The first kappa shape index (κ1) is 12.0. The van der Waals surface area contributed by atoms with Gasteiger partial charge in [0.1, 0.15) is 0 Å². The molecular formula is C17H18N2O2. The van der Waals surface area contributed by atoms with Crippen molar-refractivity contribution in [1.82, 2.24) is 9.55 Å². The molecule has 0 atom stereocenters. The van der Waals surface area contributed by atoms with Gasteiger partial charge in [-0.25, -0.2) is 4.98 Å². The third kappa shape index (κ3) is 1.44. The summed E-state index contributed by atoms with van der Waals surface area (Å²) >= 11 is 0. The van der Waals surface area contributed by atoms with Crippen LogP contribution >= 0.6 is 0 Å². The van der Waals surface area contributed by atoms with Crippen LogP contribution in [0.2, 0.25) is 0 Å². The molecule has 1 aliphatic carbocycles. The molecule has 1 saturated heterocycles. The fourth-order valence-electron chi connectivity index (χ4n) is 4.42. The van der Waals surface area contributed by atoms with Gasteiger partial charge in [0.05, 0.1) is 37.0 Å². The fourth-order valence-corrected chi connectivity index (χ4v) is 4.42. The molecule has 21 heavy (non-hydrogen) atoms. The van der Waals surface area contributed by atoms with E-state index in [1.165, 1.54) is 16.8 Å². The number of nitrogens with zero attached hydrogens (tertiary/aromatic N) is 2. The maximum atomic E-state index is 5.89. The van der Waals surface area contributed by atoms with Crippen molar-refractivity contribution in [1.29, 1.82) is 0 Å². The van der Waals surface area contributed by atoms with Crippen molar-refractivity contribution < 1.29 is 9.47 Å². The average molecular weight is 282 g/mol. The molecule has 0 N–H and O–H groups in total. The first-order valence-corrected chi connectivity index (χ1v) is 7.74. The van der Waals surface area contributed by atoms with Crippen LogP contribution in [0.5, 0.6) is 0 Å². The second kappa shape index (κ2) is 3.96. The number of ether oxygens (including phenoxy) is 2. The summed E-state index contributed by atoms with van der Waals surface area (Å²) in [7, 11) is 0. The summed E-state index contributed by atoms with van der Waals surface area (Å²) in [6.45, 7) is 1.47. The largest absolute Gasteiger partial charge is 0.348 e. The molecule has 0 amide bonds. The Hall–Kier alpha value is -1.65. The third-order valence-electron chi connectivity index (χ3n) is 5.46. The van der Waals surface area contributed by atoms with Crippen molar-refractivity contribution in [2.45, 2.75) is 37.0 Å². The molecule has 3 aliphatic rings. The highest BCUT2D eigenvalue weighted by Crippen LogP contribution is 2.53. The van der Waals surface area contributed by atoms with Crippen LogP contribution in [0.25, 0.3) is 11.3 Å². The molecule has 2 spiro atoms. The molecule has 0 radical (unpaired) electrons. The molecule has 2 aromatic rings. The van der Waals surface area contributed by atoms with Gasteiger partial charge in [-0.3, -0.25) is 0 Å². The molecule has 2 fully saturated rings. The van der Waals surface area contributed by atoms with E-state index in [-0.39, 0.29) is 11.3 Å². The lowest BCUT2D eigenvalue weighted by Gasteiger charge is -2.43. The van der Waals surface area contributed by atoms with Gasteiger partial charge in [0.15, 0.2) is 5.79 Å². The fraction of sp³-hybridized carbons (Fsp3) is 0.471. The van der Waals surface area contributed by atoms with Gasteiger partial charge >= 0.3 is 0 Å². The number of fused-ring (bicyclic) bond motifs is 5. The topological polar surface area (TPSA) is 36.3 Å². The second-order valence-electron chi connectivity index (χ2n) is 6.33. The lowest BCUT2D eigenvalue weighted by molar-refractivity contribution is -0.186. The zero-order valence-electron chi connectivity index (χ0n) is 11.9. The summed E-state index contributed by atoms with van der Waals surface area (Å²) in [6, 6.07) is 8.75.